The quantitative estimate of drug-likeness (QED) is 0.876. The lowest BCUT2D eigenvalue weighted by atomic mass is 9.94. The van der Waals surface area contributed by atoms with Gasteiger partial charge in [-0.15, -0.1) is 0 Å². The fourth-order valence-electron chi connectivity index (χ4n) is 3.06. The second-order valence-electron chi connectivity index (χ2n) is 6.75. The lowest BCUT2D eigenvalue weighted by molar-refractivity contribution is 0.0940. The third-order valence-corrected chi connectivity index (χ3v) is 4.08. The molecule has 1 aliphatic heterocycles. The molecular weight excluding hydrogens is 276 g/mol. The summed E-state index contributed by atoms with van der Waals surface area (Å²) in [5, 5.41) is 2.96. The normalized spacial score (nSPS) is 19.4. The van der Waals surface area contributed by atoms with Crippen LogP contribution < -0.4 is 5.32 Å². The van der Waals surface area contributed by atoms with Gasteiger partial charge in [0.2, 0.25) is 0 Å². The molecule has 1 aromatic heterocycles. The summed E-state index contributed by atoms with van der Waals surface area (Å²) in [7, 11) is 0. The summed E-state index contributed by atoms with van der Waals surface area (Å²) in [5.41, 5.74) is 1.22. The molecule has 1 saturated heterocycles. The van der Waals surface area contributed by atoms with Crippen LogP contribution in [0.15, 0.2) is 12.4 Å². The fraction of sp³-hybridized carbons (Fsp3) is 0.706. The van der Waals surface area contributed by atoms with Gasteiger partial charge in [-0.25, -0.2) is 4.98 Å². The van der Waals surface area contributed by atoms with Gasteiger partial charge in [0.05, 0.1) is 11.9 Å². The number of aromatic nitrogens is 2. The van der Waals surface area contributed by atoms with Gasteiger partial charge in [0.25, 0.3) is 5.91 Å². The van der Waals surface area contributed by atoms with Crippen molar-refractivity contribution in [2.75, 3.05) is 26.2 Å². The molecule has 1 aromatic rings. The molecule has 0 unspecified atom stereocenters. The van der Waals surface area contributed by atoms with E-state index < -0.39 is 0 Å². The summed E-state index contributed by atoms with van der Waals surface area (Å²) in [6.07, 6.45) is 6.75. The van der Waals surface area contributed by atoms with Gasteiger partial charge in [-0.3, -0.25) is 9.78 Å². The minimum absolute atomic E-state index is 0.123. The van der Waals surface area contributed by atoms with E-state index in [4.69, 9.17) is 0 Å². The predicted octanol–water partition coefficient (Wildman–Crippen LogP) is 2.27. The Bertz CT molecular complexity index is 472. The molecule has 5 nitrogen and oxygen atoms in total. The van der Waals surface area contributed by atoms with Crippen LogP contribution in [0, 0.1) is 18.8 Å². The van der Waals surface area contributed by atoms with Crippen LogP contribution in [0.1, 0.15) is 49.3 Å². The van der Waals surface area contributed by atoms with Crippen molar-refractivity contribution in [3.8, 4) is 0 Å². The summed E-state index contributed by atoms with van der Waals surface area (Å²) in [6.45, 7) is 10.7. The first-order chi connectivity index (χ1) is 10.5. The minimum Gasteiger partial charge on any atom is -0.351 e. The standard InChI is InChI=1S/C17H28N4O/c1-13(2)11-21-8-4-5-15(12-21)6-7-18-17(22)16-10-19-14(3)9-20-16/h9-10,13,15H,4-8,11-12H2,1-3H3,(H,18,22)/t15-/m0/s1. The predicted molar refractivity (Wildman–Crippen MR) is 87.7 cm³/mol. The molecule has 1 N–H and O–H groups in total. The molecule has 0 aliphatic carbocycles. The molecule has 22 heavy (non-hydrogen) atoms. The van der Waals surface area contributed by atoms with Crippen molar-refractivity contribution in [2.45, 2.75) is 40.0 Å². The third kappa shape index (κ3) is 5.37. The molecule has 1 fully saturated rings. The minimum atomic E-state index is -0.123. The number of amides is 1. The molecule has 5 heteroatoms. The van der Waals surface area contributed by atoms with Crippen molar-refractivity contribution in [2.24, 2.45) is 11.8 Å². The Morgan fingerprint density at radius 2 is 2.23 bits per heavy atom. The maximum Gasteiger partial charge on any atom is 0.271 e. The molecule has 0 saturated carbocycles. The van der Waals surface area contributed by atoms with E-state index in [9.17, 15) is 4.79 Å². The van der Waals surface area contributed by atoms with Crippen molar-refractivity contribution < 1.29 is 4.79 Å². The number of aryl methyl sites for hydroxylation is 1. The molecule has 0 bridgehead atoms. The van der Waals surface area contributed by atoms with Crippen LogP contribution in [-0.4, -0.2) is 47.0 Å². The Morgan fingerprint density at radius 1 is 1.41 bits per heavy atom. The van der Waals surface area contributed by atoms with E-state index in [2.05, 4.69) is 34.0 Å². The highest BCUT2D eigenvalue weighted by Gasteiger charge is 2.20. The molecule has 1 atom stereocenters. The Hall–Kier alpha value is -1.49. The summed E-state index contributed by atoms with van der Waals surface area (Å²) in [5.74, 6) is 1.29. The topological polar surface area (TPSA) is 58.1 Å². The Morgan fingerprint density at radius 3 is 2.91 bits per heavy atom. The van der Waals surface area contributed by atoms with Gasteiger partial charge >= 0.3 is 0 Å². The highest BCUT2D eigenvalue weighted by molar-refractivity contribution is 5.91. The van der Waals surface area contributed by atoms with E-state index in [1.807, 2.05) is 6.92 Å². The van der Waals surface area contributed by atoms with Crippen molar-refractivity contribution in [3.63, 3.8) is 0 Å². The van der Waals surface area contributed by atoms with Crippen molar-refractivity contribution in [1.82, 2.24) is 20.2 Å². The van der Waals surface area contributed by atoms with Gasteiger partial charge < -0.3 is 10.2 Å². The summed E-state index contributed by atoms with van der Waals surface area (Å²) >= 11 is 0. The van der Waals surface area contributed by atoms with E-state index in [0.717, 1.165) is 18.0 Å². The maximum absolute atomic E-state index is 12.0. The number of carbonyl (C=O) groups excluding carboxylic acids is 1. The molecular formula is C17H28N4O. The van der Waals surface area contributed by atoms with Gasteiger partial charge in [0.1, 0.15) is 5.69 Å². The van der Waals surface area contributed by atoms with Crippen LogP contribution >= 0.6 is 0 Å². The van der Waals surface area contributed by atoms with Crippen LogP contribution in [-0.2, 0) is 0 Å². The number of hydrogen-bond acceptors (Lipinski definition) is 4. The van der Waals surface area contributed by atoms with Gasteiger partial charge in [-0.1, -0.05) is 13.8 Å². The van der Waals surface area contributed by atoms with Gasteiger partial charge in [0, 0.05) is 25.8 Å². The maximum atomic E-state index is 12.0. The second kappa shape index (κ2) is 8.22. The first-order valence-electron chi connectivity index (χ1n) is 8.34. The summed E-state index contributed by atoms with van der Waals surface area (Å²) < 4.78 is 0. The molecule has 0 spiro atoms. The summed E-state index contributed by atoms with van der Waals surface area (Å²) in [6, 6.07) is 0. The van der Waals surface area contributed by atoms with Crippen LogP contribution in [0.4, 0.5) is 0 Å². The van der Waals surface area contributed by atoms with Crippen LogP contribution in [0.25, 0.3) is 0 Å². The van der Waals surface area contributed by atoms with E-state index >= 15 is 0 Å². The molecule has 122 valence electrons. The van der Waals surface area contributed by atoms with Crippen LogP contribution in [0.5, 0.6) is 0 Å². The zero-order valence-electron chi connectivity index (χ0n) is 14.0. The van der Waals surface area contributed by atoms with E-state index in [1.54, 1.807) is 6.20 Å². The molecule has 0 aromatic carbocycles. The first-order valence-corrected chi connectivity index (χ1v) is 8.34. The van der Waals surface area contributed by atoms with Gasteiger partial charge in [0.15, 0.2) is 0 Å². The smallest absolute Gasteiger partial charge is 0.271 e. The Labute approximate surface area is 133 Å². The lowest BCUT2D eigenvalue weighted by Gasteiger charge is -2.33. The largest absolute Gasteiger partial charge is 0.351 e. The van der Waals surface area contributed by atoms with Gasteiger partial charge in [-0.2, -0.15) is 0 Å². The summed E-state index contributed by atoms with van der Waals surface area (Å²) in [4.78, 5) is 22.8. The molecule has 0 radical (unpaired) electrons. The molecule has 2 heterocycles. The molecule has 1 aliphatic rings. The van der Waals surface area contributed by atoms with Crippen LogP contribution in [0.2, 0.25) is 0 Å². The van der Waals surface area contributed by atoms with E-state index in [0.29, 0.717) is 18.2 Å². The molecule has 2 rings (SSSR count). The Balaban J connectivity index is 1.71. The fourth-order valence-corrected chi connectivity index (χ4v) is 3.06. The number of rotatable bonds is 6. The molecule has 1 amide bonds. The average Bonchev–Trinajstić information content (AvgIpc) is 2.47. The van der Waals surface area contributed by atoms with Crippen molar-refractivity contribution in [1.29, 1.82) is 0 Å². The number of piperidine rings is 1. The lowest BCUT2D eigenvalue weighted by Crippen LogP contribution is -2.39. The average molecular weight is 304 g/mol. The van der Waals surface area contributed by atoms with Crippen LogP contribution in [0.3, 0.4) is 0 Å². The first kappa shape index (κ1) is 16.9. The highest BCUT2D eigenvalue weighted by atomic mass is 16.1. The number of likely N-dealkylation sites (tertiary alicyclic amines) is 1. The van der Waals surface area contributed by atoms with Crippen molar-refractivity contribution >= 4 is 5.91 Å². The zero-order chi connectivity index (χ0) is 15.9. The van der Waals surface area contributed by atoms with E-state index in [-0.39, 0.29) is 5.91 Å². The Kier molecular flexibility index (Phi) is 6.31. The number of hydrogen-bond donors (Lipinski definition) is 1. The number of nitrogens with zero attached hydrogens (tertiary/aromatic N) is 3. The highest BCUT2D eigenvalue weighted by Crippen LogP contribution is 2.19. The monoisotopic (exact) mass is 304 g/mol. The van der Waals surface area contributed by atoms with Gasteiger partial charge in [-0.05, 0) is 44.6 Å². The van der Waals surface area contributed by atoms with E-state index in [1.165, 1.54) is 38.7 Å². The number of nitrogens with one attached hydrogen (secondary N) is 1. The third-order valence-electron chi connectivity index (χ3n) is 4.08. The second-order valence-corrected chi connectivity index (χ2v) is 6.75. The number of carbonyl (C=O) groups is 1. The zero-order valence-corrected chi connectivity index (χ0v) is 14.0. The van der Waals surface area contributed by atoms with Crippen molar-refractivity contribution in [3.05, 3.63) is 23.8 Å². The SMILES string of the molecule is Cc1cnc(C(=O)NCC[C@@H]2CCCN(CC(C)C)C2)cn1.